The molecule has 0 aliphatic rings. The molecule has 0 rings (SSSR count). The number of halogens is 16. The first-order valence-electron chi connectivity index (χ1n) is 9.10. The van der Waals surface area contributed by atoms with Crippen LogP contribution in [0.5, 0.6) is 0 Å². The Hall–Kier alpha value is -1.95. The first-order valence-corrected chi connectivity index (χ1v) is 9.10. The fourth-order valence-corrected chi connectivity index (χ4v) is 2.32. The molecule has 0 heterocycles. The Morgan fingerprint density at radius 2 is 1.17 bits per heavy atom. The van der Waals surface area contributed by atoms with Gasteiger partial charge in [0.25, 0.3) is 0 Å². The standard InChI is InChI=1S/C17H16F16O3/c1-7(2)9(35)36-8(6-34)4-3-5-11(20,21)13(24,25)15(28,29)17(32,33)16(30,31)14(26,27)12(22,23)10(18)19/h8,10,34H,1,3-6H2,2H3. The summed E-state index contributed by atoms with van der Waals surface area (Å²) in [7, 11) is 0. The average molecular weight is 572 g/mol. The van der Waals surface area contributed by atoms with Gasteiger partial charge in [0.15, 0.2) is 0 Å². The minimum Gasteiger partial charge on any atom is -0.457 e. The van der Waals surface area contributed by atoms with E-state index in [9.17, 15) is 75.0 Å². The SMILES string of the molecule is C=C(C)C(=O)OC(CO)CCCC(F)(F)C(F)(F)C(F)(F)C(F)(F)C(F)(F)C(F)(F)C(F)(F)C(F)F. The van der Waals surface area contributed by atoms with Crippen LogP contribution in [0.3, 0.4) is 0 Å². The van der Waals surface area contributed by atoms with E-state index in [4.69, 9.17) is 5.11 Å². The van der Waals surface area contributed by atoms with E-state index < -0.39 is 85.8 Å². The van der Waals surface area contributed by atoms with Crippen LogP contribution in [0.1, 0.15) is 26.2 Å². The second-order valence-corrected chi connectivity index (χ2v) is 7.38. The van der Waals surface area contributed by atoms with Gasteiger partial charge in [0, 0.05) is 12.0 Å². The third-order valence-corrected chi connectivity index (χ3v) is 4.57. The number of aliphatic hydroxyl groups is 1. The van der Waals surface area contributed by atoms with Crippen molar-refractivity contribution in [3.05, 3.63) is 12.2 Å². The van der Waals surface area contributed by atoms with E-state index in [0.29, 0.717) is 0 Å². The van der Waals surface area contributed by atoms with Crippen LogP contribution in [-0.4, -0.2) is 71.7 Å². The quantitative estimate of drug-likeness (QED) is 0.150. The van der Waals surface area contributed by atoms with Gasteiger partial charge >= 0.3 is 53.9 Å². The van der Waals surface area contributed by atoms with Gasteiger partial charge in [-0.2, -0.15) is 61.5 Å². The van der Waals surface area contributed by atoms with Crippen LogP contribution in [-0.2, 0) is 9.53 Å². The highest BCUT2D eigenvalue weighted by molar-refractivity contribution is 5.87. The summed E-state index contributed by atoms with van der Waals surface area (Å²) in [5, 5.41) is 8.92. The lowest BCUT2D eigenvalue weighted by Crippen LogP contribution is -2.73. The molecule has 0 amide bonds. The minimum absolute atomic E-state index is 0.317. The van der Waals surface area contributed by atoms with Crippen LogP contribution in [0.15, 0.2) is 12.2 Å². The fourth-order valence-electron chi connectivity index (χ4n) is 2.32. The zero-order chi connectivity index (χ0) is 29.3. The summed E-state index contributed by atoms with van der Waals surface area (Å²) in [4.78, 5) is 11.2. The summed E-state index contributed by atoms with van der Waals surface area (Å²) in [6.45, 7) is 2.96. The molecule has 0 fully saturated rings. The van der Waals surface area contributed by atoms with E-state index in [1.54, 1.807) is 0 Å². The summed E-state index contributed by atoms with van der Waals surface area (Å²) < 4.78 is 216. The molecule has 36 heavy (non-hydrogen) atoms. The summed E-state index contributed by atoms with van der Waals surface area (Å²) in [5.41, 5.74) is -0.317. The van der Waals surface area contributed by atoms with Crippen LogP contribution < -0.4 is 0 Å². The third-order valence-electron chi connectivity index (χ3n) is 4.57. The number of hydrogen-bond acceptors (Lipinski definition) is 3. The Labute approximate surface area is 191 Å². The van der Waals surface area contributed by atoms with Crippen LogP contribution in [0.4, 0.5) is 70.2 Å². The normalized spacial score (nSPS) is 15.8. The molecule has 0 saturated heterocycles. The molecule has 0 aromatic heterocycles. The monoisotopic (exact) mass is 572 g/mol. The lowest BCUT2D eigenvalue weighted by molar-refractivity contribution is -0.447. The van der Waals surface area contributed by atoms with Crippen molar-refractivity contribution in [1.29, 1.82) is 0 Å². The first kappa shape index (κ1) is 34.0. The van der Waals surface area contributed by atoms with E-state index in [1.807, 2.05) is 0 Å². The predicted octanol–water partition coefficient (Wildman–Crippen LogP) is 6.35. The van der Waals surface area contributed by atoms with Gasteiger partial charge in [-0.1, -0.05) is 6.58 Å². The van der Waals surface area contributed by atoms with Gasteiger partial charge in [-0.25, -0.2) is 13.6 Å². The molecule has 3 nitrogen and oxygen atoms in total. The van der Waals surface area contributed by atoms with Crippen molar-refractivity contribution in [3.8, 4) is 0 Å². The molecule has 1 N–H and O–H groups in total. The van der Waals surface area contributed by atoms with Gasteiger partial charge in [0.2, 0.25) is 0 Å². The van der Waals surface area contributed by atoms with Crippen LogP contribution in [0.2, 0.25) is 0 Å². The second-order valence-electron chi connectivity index (χ2n) is 7.38. The predicted molar refractivity (Wildman–Crippen MR) is 86.3 cm³/mol. The van der Waals surface area contributed by atoms with Crippen molar-refractivity contribution in [2.24, 2.45) is 0 Å². The Morgan fingerprint density at radius 1 is 0.778 bits per heavy atom. The zero-order valence-electron chi connectivity index (χ0n) is 17.5. The van der Waals surface area contributed by atoms with Gasteiger partial charge in [-0.05, 0) is 19.8 Å². The van der Waals surface area contributed by atoms with Crippen LogP contribution >= 0.6 is 0 Å². The lowest BCUT2D eigenvalue weighted by Gasteiger charge is -2.42. The molecule has 0 bridgehead atoms. The van der Waals surface area contributed by atoms with Gasteiger partial charge in [-0.15, -0.1) is 0 Å². The van der Waals surface area contributed by atoms with Gasteiger partial charge in [-0.3, -0.25) is 0 Å². The van der Waals surface area contributed by atoms with Crippen molar-refractivity contribution in [3.63, 3.8) is 0 Å². The number of hydrogen-bond donors (Lipinski definition) is 1. The van der Waals surface area contributed by atoms with Crippen molar-refractivity contribution < 1.29 is 84.9 Å². The Balaban J connectivity index is 6.07. The molecule has 0 radical (unpaired) electrons. The molecule has 0 aliphatic heterocycles. The number of alkyl halides is 16. The highest BCUT2D eigenvalue weighted by Gasteiger charge is 2.93. The average Bonchev–Trinajstić information content (AvgIpc) is 2.71. The summed E-state index contributed by atoms with van der Waals surface area (Å²) in [5.74, 6) is -56.1. The minimum atomic E-state index is -8.45. The van der Waals surface area contributed by atoms with E-state index in [0.717, 1.165) is 6.92 Å². The maximum atomic E-state index is 13.8. The van der Waals surface area contributed by atoms with Gasteiger partial charge < -0.3 is 9.84 Å². The largest absolute Gasteiger partial charge is 0.457 e. The highest BCUT2D eigenvalue weighted by atomic mass is 19.4. The zero-order valence-corrected chi connectivity index (χ0v) is 17.5. The molecule has 0 aromatic carbocycles. The molecular weight excluding hydrogens is 556 g/mol. The second kappa shape index (κ2) is 10.4. The van der Waals surface area contributed by atoms with Crippen LogP contribution in [0, 0.1) is 0 Å². The van der Waals surface area contributed by atoms with E-state index >= 15 is 0 Å². The summed E-state index contributed by atoms with van der Waals surface area (Å²) in [6, 6.07) is 0. The maximum Gasteiger partial charge on any atom is 0.384 e. The van der Waals surface area contributed by atoms with Crippen molar-refractivity contribution in [2.45, 2.75) is 80.2 Å². The third kappa shape index (κ3) is 5.49. The summed E-state index contributed by atoms with van der Waals surface area (Å²) in [6.07, 6.45) is -12.8. The molecule has 1 atom stereocenters. The fraction of sp³-hybridized carbons (Fsp3) is 0.824. The molecule has 1 unspecified atom stereocenters. The van der Waals surface area contributed by atoms with Gasteiger partial charge in [0.05, 0.1) is 6.61 Å². The topological polar surface area (TPSA) is 46.5 Å². The van der Waals surface area contributed by atoms with Gasteiger partial charge in [0.1, 0.15) is 6.10 Å². The van der Waals surface area contributed by atoms with Crippen molar-refractivity contribution in [1.82, 2.24) is 0 Å². The number of carbonyl (C=O) groups is 1. The molecule has 19 heteroatoms. The number of carbonyl (C=O) groups excluding carboxylic acids is 1. The molecule has 0 saturated carbocycles. The smallest absolute Gasteiger partial charge is 0.384 e. The highest BCUT2D eigenvalue weighted by Crippen LogP contribution is 2.63. The van der Waals surface area contributed by atoms with E-state index in [2.05, 4.69) is 11.3 Å². The Kier molecular flexibility index (Phi) is 9.87. The number of aliphatic hydroxyl groups excluding tert-OH is 1. The lowest BCUT2D eigenvalue weighted by atomic mass is 9.88. The number of esters is 1. The molecule has 0 spiro atoms. The summed E-state index contributed by atoms with van der Waals surface area (Å²) >= 11 is 0. The molecule has 0 aromatic rings. The first-order chi connectivity index (χ1) is 15.7. The molecule has 0 aliphatic carbocycles. The Bertz CT molecular complexity index is 793. The number of ether oxygens (including phenoxy) is 1. The van der Waals surface area contributed by atoms with Crippen molar-refractivity contribution >= 4 is 5.97 Å². The Morgan fingerprint density at radius 3 is 1.53 bits per heavy atom. The maximum absolute atomic E-state index is 13.8. The van der Waals surface area contributed by atoms with Crippen LogP contribution in [0.25, 0.3) is 0 Å². The molecular formula is C17H16F16O3. The van der Waals surface area contributed by atoms with E-state index in [-0.39, 0.29) is 5.57 Å². The molecule has 214 valence electrons. The number of rotatable bonds is 14. The van der Waals surface area contributed by atoms with E-state index in [1.165, 1.54) is 0 Å². The van der Waals surface area contributed by atoms with Crippen molar-refractivity contribution in [2.75, 3.05) is 6.61 Å².